The Bertz CT molecular complexity index is 453. The molecule has 0 saturated carbocycles. The Labute approximate surface area is 110 Å². The fraction of sp³-hybridized carbons (Fsp3) is 0.125. The molecule has 0 spiro atoms. The van der Waals surface area contributed by atoms with Gasteiger partial charge in [0.05, 0.1) is 11.1 Å². The number of nitrogens with zero attached hydrogens (tertiary/aromatic N) is 1. The Hall–Kier alpha value is 0.0900. The second-order valence-electron chi connectivity index (χ2n) is 2.56. The number of hydrogen-bond donors (Lipinski definition) is 0. The maximum Gasteiger partial charge on any atom is 0.282 e. The van der Waals surface area contributed by atoms with Crippen molar-refractivity contribution in [2.75, 3.05) is 0 Å². The van der Waals surface area contributed by atoms with Crippen LogP contribution in [0.1, 0.15) is 0 Å². The highest BCUT2D eigenvalue weighted by Gasteiger charge is 2.18. The third-order valence-corrected chi connectivity index (χ3v) is 3.14. The molecule has 0 fully saturated rings. The molecule has 0 radical (unpaired) electrons. The Morgan fingerprint density at radius 3 is 2.27 bits per heavy atom. The third kappa shape index (κ3) is 4.63. The molecular formula is C8H6Br2ClNO2S. The summed E-state index contributed by atoms with van der Waals surface area (Å²) in [5, 5.41) is 0. The summed E-state index contributed by atoms with van der Waals surface area (Å²) >= 11 is 11.6. The molecule has 0 aliphatic heterocycles. The Morgan fingerprint density at radius 1 is 1.27 bits per heavy atom. The molecule has 0 unspecified atom stereocenters. The number of benzene rings is 1. The van der Waals surface area contributed by atoms with Gasteiger partial charge in [-0.25, -0.2) is 0 Å². The van der Waals surface area contributed by atoms with Crippen LogP contribution in [0.5, 0.6) is 0 Å². The zero-order valence-electron chi connectivity index (χ0n) is 7.27. The number of rotatable bonds is 3. The van der Waals surface area contributed by atoms with Gasteiger partial charge in [-0.05, 0) is 44.0 Å². The lowest BCUT2D eigenvalue weighted by atomic mass is 10.4. The Morgan fingerprint density at radius 2 is 1.80 bits per heavy atom. The SMILES string of the molecule is O=S(=O)(/N=C\C(Cl)(Br)Br)c1ccccc1. The molecule has 0 amide bonds. The maximum atomic E-state index is 11.6. The molecule has 0 N–H and O–H groups in total. The van der Waals surface area contributed by atoms with Crippen molar-refractivity contribution in [3.05, 3.63) is 30.3 Å². The lowest BCUT2D eigenvalue weighted by Gasteiger charge is -2.03. The highest BCUT2D eigenvalue weighted by Crippen LogP contribution is 2.29. The maximum absolute atomic E-state index is 11.6. The van der Waals surface area contributed by atoms with Crippen LogP contribution in [0.3, 0.4) is 0 Å². The van der Waals surface area contributed by atoms with Crippen molar-refractivity contribution in [3.8, 4) is 0 Å². The molecule has 82 valence electrons. The first kappa shape index (κ1) is 13.2. The molecule has 0 atom stereocenters. The fourth-order valence-electron chi connectivity index (χ4n) is 0.782. The molecule has 0 aliphatic rings. The van der Waals surface area contributed by atoms with Crippen molar-refractivity contribution < 1.29 is 8.42 Å². The quantitative estimate of drug-likeness (QED) is 0.602. The van der Waals surface area contributed by atoms with Crippen LogP contribution in [-0.4, -0.2) is 17.3 Å². The fourth-order valence-corrected chi connectivity index (χ4v) is 2.28. The molecule has 0 heterocycles. The average molecular weight is 375 g/mol. The van der Waals surface area contributed by atoms with Crippen molar-refractivity contribution in [2.45, 2.75) is 7.59 Å². The van der Waals surface area contributed by atoms with E-state index in [2.05, 4.69) is 36.3 Å². The summed E-state index contributed by atoms with van der Waals surface area (Å²) in [6.45, 7) is 0. The first-order valence-corrected chi connectivity index (χ1v) is 7.15. The van der Waals surface area contributed by atoms with Gasteiger partial charge in [0.15, 0.2) is 2.69 Å². The van der Waals surface area contributed by atoms with E-state index in [0.717, 1.165) is 6.21 Å². The molecule has 0 saturated heterocycles. The lowest BCUT2D eigenvalue weighted by Crippen LogP contribution is -2.05. The normalized spacial score (nSPS) is 13.3. The Kier molecular flexibility index (Phi) is 4.34. The molecule has 0 aliphatic carbocycles. The van der Waals surface area contributed by atoms with Gasteiger partial charge in [0.2, 0.25) is 0 Å². The highest BCUT2D eigenvalue weighted by molar-refractivity contribution is 9.26. The summed E-state index contributed by atoms with van der Waals surface area (Å²) in [6, 6.07) is 7.90. The summed E-state index contributed by atoms with van der Waals surface area (Å²) in [5.74, 6) is 0. The van der Waals surface area contributed by atoms with Crippen LogP contribution in [0.2, 0.25) is 0 Å². The van der Waals surface area contributed by atoms with Crippen LogP contribution < -0.4 is 0 Å². The highest BCUT2D eigenvalue weighted by atomic mass is 79.9. The van der Waals surface area contributed by atoms with E-state index >= 15 is 0 Å². The van der Waals surface area contributed by atoms with Gasteiger partial charge < -0.3 is 0 Å². The van der Waals surface area contributed by atoms with Gasteiger partial charge in [0.25, 0.3) is 10.0 Å². The van der Waals surface area contributed by atoms with Gasteiger partial charge in [-0.15, -0.1) is 0 Å². The zero-order chi connectivity index (χ0) is 11.5. The Balaban J connectivity index is 3.01. The minimum absolute atomic E-state index is 0.127. The van der Waals surface area contributed by atoms with E-state index in [-0.39, 0.29) is 4.90 Å². The number of sulfonamides is 1. The lowest BCUT2D eigenvalue weighted by molar-refractivity contribution is 0.598. The van der Waals surface area contributed by atoms with E-state index in [1.54, 1.807) is 18.2 Å². The van der Waals surface area contributed by atoms with E-state index in [9.17, 15) is 8.42 Å². The second kappa shape index (κ2) is 4.95. The van der Waals surface area contributed by atoms with Gasteiger partial charge in [0, 0.05) is 0 Å². The first-order valence-electron chi connectivity index (χ1n) is 3.74. The van der Waals surface area contributed by atoms with Crippen molar-refractivity contribution in [3.63, 3.8) is 0 Å². The summed E-state index contributed by atoms with van der Waals surface area (Å²) in [5.41, 5.74) is 0. The van der Waals surface area contributed by atoms with E-state index in [4.69, 9.17) is 11.6 Å². The van der Waals surface area contributed by atoms with Gasteiger partial charge in [-0.3, -0.25) is 0 Å². The van der Waals surface area contributed by atoms with Crippen LogP contribution in [0.25, 0.3) is 0 Å². The predicted molar refractivity (Wildman–Crippen MR) is 68.6 cm³/mol. The average Bonchev–Trinajstić information content (AvgIpc) is 2.16. The predicted octanol–water partition coefficient (Wildman–Crippen LogP) is 3.13. The van der Waals surface area contributed by atoms with Crippen LogP contribution >= 0.6 is 43.5 Å². The topological polar surface area (TPSA) is 46.5 Å². The van der Waals surface area contributed by atoms with Crippen molar-refractivity contribution in [1.29, 1.82) is 0 Å². The molecule has 0 aromatic heterocycles. The van der Waals surface area contributed by atoms with Crippen LogP contribution in [0, 0.1) is 0 Å². The molecule has 1 aromatic rings. The number of alkyl halides is 3. The molecule has 1 aromatic carbocycles. The minimum Gasteiger partial charge on any atom is -0.199 e. The molecule has 15 heavy (non-hydrogen) atoms. The molecule has 0 bridgehead atoms. The molecule has 7 heteroatoms. The van der Waals surface area contributed by atoms with Crippen LogP contribution in [0.15, 0.2) is 39.6 Å². The smallest absolute Gasteiger partial charge is 0.199 e. The van der Waals surface area contributed by atoms with Crippen molar-refractivity contribution in [1.82, 2.24) is 0 Å². The second-order valence-corrected chi connectivity index (χ2v) is 9.27. The minimum atomic E-state index is -3.67. The van der Waals surface area contributed by atoms with E-state index in [1.165, 1.54) is 12.1 Å². The summed E-state index contributed by atoms with van der Waals surface area (Å²) in [6.07, 6.45) is 1.05. The summed E-state index contributed by atoms with van der Waals surface area (Å²) < 4.78 is 25.4. The zero-order valence-corrected chi connectivity index (χ0v) is 12.0. The summed E-state index contributed by atoms with van der Waals surface area (Å²) in [4.78, 5) is 0.127. The van der Waals surface area contributed by atoms with Crippen molar-refractivity contribution >= 4 is 59.7 Å². The van der Waals surface area contributed by atoms with Crippen LogP contribution in [0.4, 0.5) is 0 Å². The van der Waals surface area contributed by atoms with Crippen LogP contribution in [-0.2, 0) is 10.0 Å². The standard InChI is InChI=1S/C8H6Br2ClNO2S/c9-8(10,11)6-12-15(13,14)7-4-2-1-3-5-7/h1-6H/b12-6-. The van der Waals surface area contributed by atoms with Gasteiger partial charge in [-0.2, -0.15) is 12.8 Å². The molecular weight excluding hydrogens is 369 g/mol. The van der Waals surface area contributed by atoms with Gasteiger partial charge in [0.1, 0.15) is 0 Å². The molecule has 1 rings (SSSR count). The number of hydrogen-bond acceptors (Lipinski definition) is 2. The first-order chi connectivity index (χ1) is 6.81. The van der Waals surface area contributed by atoms with E-state index < -0.39 is 12.7 Å². The monoisotopic (exact) mass is 373 g/mol. The van der Waals surface area contributed by atoms with Gasteiger partial charge >= 0.3 is 0 Å². The summed E-state index contributed by atoms with van der Waals surface area (Å²) in [7, 11) is -3.67. The molecule has 3 nitrogen and oxygen atoms in total. The van der Waals surface area contributed by atoms with E-state index in [1.807, 2.05) is 0 Å². The van der Waals surface area contributed by atoms with E-state index in [0.29, 0.717) is 0 Å². The van der Waals surface area contributed by atoms with Crippen molar-refractivity contribution in [2.24, 2.45) is 4.40 Å². The number of halogens is 3. The third-order valence-electron chi connectivity index (χ3n) is 1.38. The van der Waals surface area contributed by atoms with Gasteiger partial charge in [-0.1, -0.05) is 29.8 Å². The largest absolute Gasteiger partial charge is 0.282 e.